The van der Waals surface area contributed by atoms with Gasteiger partial charge in [-0.2, -0.15) is 20.1 Å². The lowest BCUT2D eigenvalue weighted by atomic mass is 10.2. The number of halogens is 1. The zero-order chi connectivity index (χ0) is 20.6. The van der Waals surface area contributed by atoms with Crippen LogP contribution in [0.5, 0.6) is 0 Å². The number of hydrogen-bond acceptors (Lipinski definition) is 7. The van der Waals surface area contributed by atoms with E-state index in [1.807, 2.05) is 60.7 Å². The number of hydrazone groups is 1. The zero-order valence-electron chi connectivity index (χ0n) is 15.8. The van der Waals surface area contributed by atoms with E-state index < -0.39 is 0 Å². The predicted molar refractivity (Wildman–Crippen MR) is 117 cm³/mol. The van der Waals surface area contributed by atoms with Gasteiger partial charge in [0.1, 0.15) is 5.82 Å². The minimum absolute atomic E-state index is 0.250. The Morgan fingerprint density at radius 1 is 0.633 bits per heavy atom. The Kier molecular flexibility index (Phi) is 5.86. The third kappa shape index (κ3) is 5.35. The van der Waals surface area contributed by atoms with Gasteiger partial charge in [0.15, 0.2) is 0 Å². The highest BCUT2D eigenvalue weighted by Gasteiger charge is 2.07. The van der Waals surface area contributed by atoms with E-state index >= 15 is 0 Å². The highest BCUT2D eigenvalue weighted by molar-refractivity contribution is 5.79. The van der Waals surface area contributed by atoms with Crippen LogP contribution in [0.15, 0.2) is 90.0 Å². The molecule has 3 N–H and O–H groups in total. The van der Waals surface area contributed by atoms with Gasteiger partial charge in [0.05, 0.1) is 6.21 Å². The molecule has 8 heteroatoms. The van der Waals surface area contributed by atoms with Crippen LogP contribution in [0.3, 0.4) is 0 Å². The summed E-state index contributed by atoms with van der Waals surface area (Å²) in [6, 6.07) is 25.1. The molecule has 0 saturated heterocycles. The molecule has 1 aromatic heterocycles. The average Bonchev–Trinajstić information content (AvgIpc) is 2.76. The summed E-state index contributed by atoms with van der Waals surface area (Å²) in [7, 11) is 0. The van der Waals surface area contributed by atoms with Gasteiger partial charge < -0.3 is 10.6 Å². The molecular formula is C22H18FN7. The van der Waals surface area contributed by atoms with Crippen molar-refractivity contribution in [1.82, 2.24) is 15.0 Å². The summed E-state index contributed by atoms with van der Waals surface area (Å²) in [4.78, 5) is 13.1. The normalized spacial score (nSPS) is 10.7. The Morgan fingerprint density at radius 2 is 1.13 bits per heavy atom. The zero-order valence-corrected chi connectivity index (χ0v) is 15.8. The lowest BCUT2D eigenvalue weighted by Gasteiger charge is -2.10. The van der Waals surface area contributed by atoms with Crippen molar-refractivity contribution in [1.29, 1.82) is 0 Å². The van der Waals surface area contributed by atoms with Gasteiger partial charge >= 0.3 is 0 Å². The van der Waals surface area contributed by atoms with Crippen LogP contribution >= 0.6 is 0 Å². The molecule has 0 aliphatic rings. The minimum atomic E-state index is -0.300. The first-order valence-electron chi connectivity index (χ1n) is 9.19. The number of nitrogens with zero attached hydrogens (tertiary/aromatic N) is 4. The molecule has 0 unspecified atom stereocenters. The maximum Gasteiger partial charge on any atom is 0.250 e. The van der Waals surface area contributed by atoms with Gasteiger partial charge in [0.2, 0.25) is 17.8 Å². The first-order chi connectivity index (χ1) is 14.7. The maximum atomic E-state index is 13.0. The Labute approximate surface area is 172 Å². The monoisotopic (exact) mass is 399 g/mol. The van der Waals surface area contributed by atoms with E-state index in [-0.39, 0.29) is 11.8 Å². The topological polar surface area (TPSA) is 87.1 Å². The summed E-state index contributed by atoms with van der Waals surface area (Å²) < 4.78 is 13.0. The third-order valence-corrected chi connectivity index (χ3v) is 3.94. The Bertz CT molecular complexity index is 1060. The fourth-order valence-corrected chi connectivity index (χ4v) is 2.55. The van der Waals surface area contributed by atoms with E-state index in [1.165, 1.54) is 12.1 Å². The number of anilines is 5. The molecule has 0 fully saturated rings. The van der Waals surface area contributed by atoms with E-state index in [9.17, 15) is 4.39 Å². The highest BCUT2D eigenvalue weighted by Crippen LogP contribution is 2.18. The van der Waals surface area contributed by atoms with Gasteiger partial charge in [-0.05, 0) is 42.0 Å². The van der Waals surface area contributed by atoms with Crippen LogP contribution in [0.4, 0.5) is 33.6 Å². The summed E-state index contributed by atoms with van der Waals surface area (Å²) in [5, 5.41) is 10.4. The second-order valence-corrected chi connectivity index (χ2v) is 6.21. The summed E-state index contributed by atoms with van der Waals surface area (Å²) in [6.07, 6.45) is 1.55. The SMILES string of the molecule is Fc1ccc(/C=N/Nc2nc(Nc3ccccc3)nc(Nc3ccccc3)n2)cc1. The summed E-state index contributed by atoms with van der Waals surface area (Å²) in [5.74, 6) is 0.661. The molecule has 7 nitrogen and oxygen atoms in total. The quantitative estimate of drug-likeness (QED) is 0.301. The summed E-state index contributed by atoms with van der Waals surface area (Å²) in [5.41, 5.74) is 5.22. The minimum Gasteiger partial charge on any atom is -0.324 e. The van der Waals surface area contributed by atoms with E-state index in [1.54, 1.807) is 18.3 Å². The van der Waals surface area contributed by atoms with Gasteiger partial charge in [-0.15, -0.1) is 0 Å². The Balaban J connectivity index is 1.56. The molecular weight excluding hydrogens is 381 g/mol. The van der Waals surface area contributed by atoms with Crippen LogP contribution < -0.4 is 16.1 Å². The number of aromatic nitrogens is 3. The van der Waals surface area contributed by atoms with Crippen LogP contribution in [-0.4, -0.2) is 21.2 Å². The largest absolute Gasteiger partial charge is 0.324 e. The first kappa shape index (κ1) is 19.0. The van der Waals surface area contributed by atoms with E-state index in [0.717, 1.165) is 16.9 Å². The van der Waals surface area contributed by atoms with Crippen molar-refractivity contribution in [2.75, 3.05) is 16.1 Å². The first-order valence-corrected chi connectivity index (χ1v) is 9.19. The molecule has 0 spiro atoms. The van der Waals surface area contributed by atoms with E-state index in [2.05, 4.69) is 36.1 Å². The lowest BCUT2D eigenvalue weighted by Crippen LogP contribution is -2.07. The molecule has 0 aliphatic heterocycles. The molecule has 3 aromatic carbocycles. The molecule has 0 atom stereocenters. The number of rotatable bonds is 7. The van der Waals surface area contributed by atoms with E-state index in [4.69, 9.17) is 0 Å². The van der Waals surface area contributed by atoms with E-state index in [0.29, 0.717) is 11.9 Å². The molecule has 0 radical (unpaired) electrons. The second-order valence-electron chi connectivity index (χ2n) is 6.21. The van der Waals surface area contributed by atoms with Crippen LogP contribution in [0.25, 0.3) is 0 Å². The van der Waals surface area contributed by atoms with Gasteiger partial charge in [0, 0.05) is 11.4 Å². The molecule has 4 aromatic rings. The van der Waals surface area contributed by atoms with Crippen LogP contribution in [0.2, 0.25) is 0 Å². The summed E-state index contributed by atoms with van der Waals surface area (Å²) >= 11 is 0. The fraction of sp³-hybridized carbons (Fsp3) is 0. The van der Waals surface area contributed by atoms with Crippen molar-refractivity contribution >= 4 is 35.4 Å². The maximum absolute atomic E-state index is 13.0. The standard InChI is InChI=1S/C22H18FN7/c23-17-13-11-16(12-14-17)15-24-30-22-28-20(25-18-7-3-1-4-8-18)27-21(29-22)26-19-9-5-2-6-10-19/h1-15H,(H3,25,26,27,28,29,30)/b24-15+. The van der Waals surface area contributed by atoms with Gasteiger partial charge in [-0.1, -0.05) is 48.5 Å². The van der Waals surface area contributed by atoms with Crippen molar-refractivity contribution in [2.24, 2.45) is 5.10 Å². The number of benzene rings is 3. The van der Waals surface area contributed by atoms with Crippen molar-refractivity contribution in [3.8, 4) is 0 Å². The molecule has 0 bridgehead atoms. The molecule has 1 heterocycles. The molecule has 0 saturated carbocycles. The molecule has 148 valence electrons. The van der Waals surface area contributed by atoms with Crippen molar-refractivity contribution in [3.63, 3.8) is 0 Å². The molecule has 30 heavy (non-hydrogen) atoms. The van der Waals surface area contributed by atoms with Gasteiger partial charge in [-0.25, -0.2) is 9.82 Å². The van der Waals surface area contributed by atoms with Crippen LogP contribution in [0.1, 0.15) is 5.56 Å². The smallest absolute Gasteiger partial charge is 0.250 e. The fourth-order valence-electron chi connectivity index (χ4n) is 2.55. The Morgan fingerprint density at radius 3 is 1.67 bits per heavy atom. The van der Waals surface area contributed by atoms with Crippen molar-refractivity contribution < 1.29 is 4.39 Å². The summed E-state index contributed by atoms with van der Waals surface area (Å²) in [6.45, 7) is 0. The lowest BCUT2D eigenvalue weighted by molar-refractivity contribution is 0.628. The van der Waals surface area contributed by atoms with Gasteiger partial charge in [-0.3, -0.25) is 0 Å². The molecule has 0 amide bonds. The number of para-hydroxylation sites is 2. The van der Waals surface area contributed by atoms with Crippen molar-refractivity contribution in [2.45, 2.75) is 0 Å². The second kappa shape index (κ2) is 9.24. The van der Waals surface area contributed by atoms with Crippen LogP contribution in [-0.2, 0) is 0 Å². The average molecular weight is 399 g/mol. The molecule has 4 rings (SSSR count). The predicted octanol–water partition coefficient (Wildman–Crippen LogP) is 4.94. The number of hydrogen-bond donors (Lipinski definition) is 3. The van der Waals surface area contributed by atoms with Crippen LogP contribution in [0, 0.1) is 5.82 Å². The third-order valence-electron chi connectivity index (χ3n) is 3.94. The van der Waals surface area contributed by atoms with Gasteiger partial charge in [0.25, 0.3) is 0 Å². The van der Waals surface area contributed by atoms with Crippen molar-refractivity contribution in [3.05, 3.63) is 96.3 Å². The Hall–Kier alpha value is -4.33. The molecule has 0 aliphatic carbocycles. The highest BCUT2D eigenvalue weighted by atomic mass is 19.1. The number of nitrogens with one attached hydrogen (secondary N) is 3.